The Morgan fingerprint density at radius 2 is 1.94 bits per heavy atom. The fraction of sp³-hybridized carbons (Fsp3) is 0.692. The highest BCUT2D eigenvalue weighted by Gasteiger charge is 2.20. The molecule has 0 saturated heterocycles. The summed E-state index contributed by atoms with van der Waals surface area (Å²) >= 11 is 0. The number of hydrogen-bond donors (Lipinski definition) is 1. The van der Waals surface area contributed by atoms with Crippen molar-refractivity contribution < 1.29 is 4.74 Å². The van der Waals surface area contributed by atoms with Gasteiger partial charge in [0.05, 0.1) is 0 Å². The molecule has 1 heterocycles. The third-order valence-electron chi connectivity index (χ3n) is 3.30. The van der Waals surface area contributed by atoms with E-state index >= 15 is 0 Å². The molecule has 1 fully saturated rings. The van der Waals surface area contributed by atoms with Crippen molar-refractivity contribution in [1.29, 1.82) is 0 Å². The van der Waals surface area contributed by atoms with Gasteiger partial charge in [0.1, 0.15) is 6.10 Å². The van der Waals surface area contributed by atoms with E-state index in [0.29, 0.717) is 17.9 Å². The number of hydrogen-bond acceptors (Lipinski definition) is 4. The molecule has 2 rings (SSSR count). The Kier molecular flexibility index (Phi) is 3.82. The standard InChI is InChI=1S/C13H21N3O/c1-9-4-6-11(7-5-9)17-12-8-10(2)15-13(14-3)16-12/h8-9,11H,4-7H2,1-3H3,(H,14,15,16). The van der Waals surface area contributed by atoms with Crippen LogP contribution in [-0.2, 0) is 0 Å². The minimum Gasteiger partial charge on any atom is -0.474 e. The first-order valence-corrected chi connectivity index (χ1v) is 6.37. The summed E-state index contributed by atoms with van der Waals surface area (Å²) < 4.78 is 5.94. The number of aromatic nitrogens is 2. The summed E-state index contributed by atoms with van der Waals surface area (Å²) in [7, 11) is 1.82. The number of rotatable bonds is 3. The van der Waals surface area contributed by atoms with Crippen LogP contribution in [0.1, 0.15) is 38.3 Å². The summed E-state index contributed by atoms with van der Waals surface area (Å²) in [6.45, 7) is 4.27. The van der Waals surface area contributed by atoms with E-state index in [9.17, 15) is 0 Å². The van der Waals surface area contributed by atoms with Crippen molar-refractivity contribution in [1.82, 2.24) is 9.97 Å². The Balaban J connectivity index is 2.00. The van der Waals surface area contributed by atoms with E-state index in [0.717, 1.165) is 24.5 Å². The maximum atomic E-state index is 5.94. The summed E-state index contributed by atoms with van der Waals surface area (Å²) in [5.74, 6) is 2.17. The summed E-state index contributed by atoms with van der Waals surface area (Å²) in [5, 5.41) is 2.95. The first-order chi connectivity index (χ1) is 8.17. The Labute approximate surface area is 103 Å². The lowest BCUT2D eigenvalue weighted by Gasteiger charge is -2.26. The van der Waals surface area contributed by atoms with Crippen molar-refractivity contribution >= 4 is 5.95 Å². The highest BCUT2D eigenvalue weighted by molar-refractivity contribution is 5.29. The molecular weight excluding hydrogens is 214 g/mol. The van der Waals surface area contributed by atoms with E-state index in [1.165, 1.54) is 12.8 Å². The SMILES string of the molecule is CNc1nc(C)cc(OC2CCC(C)CC2)n1. The lowest BCUT2D eigenvalue weighted by atomic mass is 9.89. The minimum absolute atomic E-state index is 0.324. The van der Waals surface area contributed by atoms with Crippen LogP contribution < -0.4 is 10.1 Å². The molecule has 4 nitrogen and oxygen atoms in total. The van der Waals surface area contributed by atoms with Crippen LogP contribution in [0.2, 0.25) is 0 Å². The van der Waals surface area contributed by atoms with Gasteiger partial charge < -0.3 is 10.1 Å². The molecule has 1 saturated carbocycles. The predicted molar refractivity (Wildman–Crippen MR) is 68.4 cm³/mol. The van der Waals surface area contributed by atoms with Gasteiger partial charge in [0.15, 0.2) is 0 Å². The molecule has 0 aliphatic heterocycles. The zero-order valence-corrected chi connectivity index (χ0v) is 10.9. The molecule has 0 aromatic carbocycles. The molecule has 0 bridgehead atoms. The Morgan fingerprint density at radius 1 is 1.24 bits per heavy atom. The first kappa shape index (κ1) is 12.1. The van der Waals surface area contributed by atoms with E-state index in [1.54, 1.807) is 0 Å². The van der Waals surface area contributed by atoms with E-state index in [1.807, 2.05) is 20.0 Å². The first-order valence-electron chi connectivity index (χ1n) is 6.37. The molecule has 1 aliphatic rings. The van der Waals surface area contributed by atoms with Gasteiger partial charge in [-0.2, -0.15) is 4.98 Å². The zero-order chi connectivity index (χ0) is 12.3. The largest absolute Gasteiger partial charge is 0.474 e. The minimum atomic E-state index is 0.324. The average molecular weight is 235 g/mol. The van der Waals surface area contributed by atoms with Gasteiger partial charge in [-0.25, -0.2) is 4.98 Å². The molecule has 1 aromatic heterocycles. The number of nitrogens with one attached hydrogen (secondary N) is 1. The smallest absolute Gasteiger partial charge is 0.225 e. The molecule has 0 amide bonds. The second-order valence-corrected chi connectivity index (χ2v) is 4.92. The van der Waals surface area contributed by atoms with Gasteiger partial charge in [-0.05, 0) is 38.5 Å². The molecule has 94 valence electrons. The molecular formula is C13H21N3O. The summed E-state index contributed by atoms with van der Waals surface area (Å²) in [5.41, 5.74) is 0.934. The molecule has 4 heteroatoms. The van der Waals surface area contributed by atoms with Gasteiger partial charge in [0, 0.05) is 18.8 Å². The van der Waals surface area contributed by atoms with Gasteiger partial charge in [0.2, 0.25) is 11.8 Å². The predicted octanol–water partition coefficient (Wildman–Crippen LogP) is 2.78. The van der Waals surface area contributed by atoms with Crippen LogP contribution in [0.4, 0.5) is 5.95 Å². The molecule has 1 N–H and O–H groups in total. The van der Waals surface area contributed by atoms with Crippen molar-refractivity contribution in [2.75, 3.05) is 12.4 Å². The van der Waals surface area contributed by atoms with Crippen molar-refractivity contribution in [3.8, 4) is 5.88 Å². The second kappa shape index (κ2) is 5.34. The van der Waals surface area contributed by atoms with Gasteiger partial charge in [-0.3, -0.25) is 0 Å². The van der Waals surface area contributed by atoms with Crippen LogP contribution in [-0.4, -0.2) is 23.1 Å². The summed E-state index contributed by atoms with van der Waals surface area (Å²) in [6.07, 6.45) is 5.12. The fourth-order valence-electron chi connectivity index (χ4n) is 2.23. The zero-order valence-electron chi connectivity index (χ0n) is 10.9. The number of nitrogens with zero attached hydrogens (tertiary/aromatic N) is 2. The normalized spacial score (nSPS) is 24.4. The van der Waals surface area contributed by atoms with Gasteiger partial charge in [0.25, 0.3) is 0 Å². The van der Waals surface area contributed by atoms with Crippen LogP contribution in [0.25, 0.3) is 0 Å². The van der Waals surface area contributed by atoms with Gasteiger partial charge in [-0.15, -0.1) is 0 Å². The van der Waals surface area contributed by atoms with Crippen molar-refractivity contribution in [2.45, 2.75) is 45.6 Å². The topological polar surface area (TPSA) is 47.0 Å². The van der Waals surface area contributed by atoms with Crippen molar-refractivity contribution in [2.24, 2.45) is 5.92 Å². The van der Waals surface area contributed by atoms with Crippen LogP contribution in [0.3, 0.4) is 0 Å². The quantitative estimate of drug-likeness (QED) is 0.875. The van der Waals surface area contributed by atoms with E-state index in [4.69, 9.17) is 4.74 Å². The maximum Gasteiger partial charge on any atom is 0.225 e. The number of anilines is 1. The number of ether oxygens (including phenoxy) is 1. The van der Waals surface area contributed by atoms with Crippen molar-refractivity contribution in [3.05, 3.63) is 11.8 Å². The molecule has 0 unspecified atom stereocenters. The second-order valence-electron chi connectivity index (χ2n) is 4.92. The highest BCUT2D eigenvalue weighted by Crippen LogP contribution is 2.26. The van der Waals surface area contributed by atoms with Crippen LogP contribution in [0.15, 0.2) is 6.07 Å². The van der Waals surface area contributed by atoms with Crippen molar-refractivity contribution in [3.63, 3.8) is 0 Å². The Bertz CT molecular complexity index is 373. The molecule has 0 spiro atoms. The molecule has 1 aliphatic carbocycles. The Morgan fingerprint density at radius 3 is 2.59 bits per heavy atom. The third kappa shape index (κ3) is 3.32. The van der Waals surface area contributed by atoms with E-state index in [-0.39, 0.29) is 0 Å². The maximum absolute atomic E-state index is 5.94. The van der Waals surface area contributed by atoms with Crippen LogP contribution in [0, 0.1) is 12.8 Å². The fourth-order valence-corrected chi connectivity index (χ4v) is 2.23. The molecule has 0 radical (unpaired) electrons. The molecule has 1 aromatic rings. The average Bonchev–Trinajstić information content (AvgIpc) is 2.31. The van der Waals surface area contributed by atoms with Crippen LogP contribution >= 0.6 is 0 Å². The summed E-state index contributed by atoms with van der Waals surface area (Å²) in [4.78, 5) is 8.58. The van der Waals surface area contributed by atoms with Crippen LogP contribution in [0.5, 0.6) is 5.88 Å². The Hall–Kier alpha value is -1.32. The molecule has 17 heavy (non-hydrogen) atoms. The number of aryl methyl sites for hydroxylation is 1. The van der Waals surface area contributed by atoms with E-state index in [2.05, 4.69) is 22.2 Å². The third-order valence-corrected chi connectivity index (χ3v) is 3.30. The highest BCUT2D eigenvalue weighted by atomic mass is 16.5. The molecule has 0 atom stereocenters. The lowest BCUT2D eigenvalue weighted by Crippen LogP contribution is -2.23. The van der Waals surface area contributed by atoms with Gasteiger partial charge >= 0.3 is 0 Å². The monoisotopic (exact) mass is 235 g/mol. The van der Waals surface area contributed by atoms with Gasteiger partial charge in [-0.1, -0.05) is 6.92 Å². The summed E-state index contributed by atoms with van der Waals surface area (Å²) in [6, 6.07) is 1.90. The van der Waals surface area contributed by atoms with E-state index < -0.39 is 0 Å². The lowest BCUT2D eigenvalue weighted by molar-refractivity contribution is 0.130.